The fourth-order valence-corrected chi connectivity index (χ4v) is 9.11. The van der Waals surface area contributed by atoms with Gasteiger partial charge in [0.15, 0.2) is 0 Å². The molecule has 1 saturated heterocycles. The fourth-order valence-electron chi connectivity index (χ4n) is 8.11. The molecule has 1 heterocycles. The molecule has 1 atom stereocenters. The minimum absolute atomic E-state index is 0.0375. The third-order valence-electron chi connectivity index (χ3n) is 12.1. The first-order chi connectivity index (χ1) is 23.7. The van der Waals surface area contributed by atoms with E-state index in [0.29, 0.717) is 5.92 Å². The van der Waals surface area contributed by atoms with Crippen LogP contribution in [0.5, 0.6) is 0 Å². The van der Waals surface area contributed by atoms with Crippen molar-refractivity contribution in [3.63, 3.8) is 0 Å². The predicted molar refractivity (Wildman–Crippen MR) is 223 cm³/mol. The number of hydrogen-bond donors (Lipinski definition) is 2. The van der Waals surface area contributed by atoms with Gasteiger partial charge < -0.3 is 16.0 Å². The second-order valence-corrected chi connectivity index (χ2v) is 17.6. The lowest BCUT2D eigenvalue weighted by Gasteiger charge is -2.39. The number of rotatable bonds is 12. The van der Waals surface area contributed by atoms with Crippen LogP contribution in [-0.2, 0) is 0 Å². The van der Waals surface area contributed by atoms with Crippen LogP contribution in [0.4, 0.5) is 0 Å². The van der Waals surface area contributed by atoms with Crippen molar-refractivity contribution in [2.24, 2.45) is 35.3 Å². The lowest BCUT2D eigenvalue weighted by molar-refractivity contribution is 0.223. The molecule has 0 amide bonds. The highest BCUT2D eigenvalue weighted by molar-refractivity contribution is 8.03. The molecule has 0 aromatic carbocycles. The zero-order valence-electron chi connectivity index (χ0n) is 33.6. The van der Waals surface area contributed by atoms with Crippen LogP contribution >= 0.6 is 11.8 Å². The highest BCUT2D eigenvalue weighted by Crippen LogP contribution is 2.44. The largest absolute Gasteiger partial charge is 0.374 e. The molecule has 4 heteroatoms. The van der Waals surface area contributed by atoms with Crippen molar-refractivity contribution in [2.45, 2.75) is 182 Å². The van der Waals surface area contributed by atoms with Gasteiger partial charge in [-0.05, 0) is 94.6 Å². The lowest BCUT2D eigenvalue weighted by atomic mass is 9.70. The molecule has 4 aliphatic carbocycles. The quantitative estimate of drug-likeness (QED) is 0.158. The van der Waals surface area contributed by atoms with Crippen LogP contribution < -0.4 is 5.73 Å². The van der Waals surface area contributed by atoms with E-state index in [-0.39, 0.29) is 5.54 Å². The lowest BCUT2D eigenvalue weighted by Crippen LogP contribution is -2.45. The van der Waals surface area contributed by atoms with Gasteiger partial charge in [0.05, 0.1) is 0 Å². The van der Waals surface area contributed by atoms with E-state index >= 15 is 0 Å². The van der Waals surface area contributed by atoms with Crippen LogP contribution in [0.3, 0.4) is 0 Å². The molecule has 3 N–H and O–H groups in total. The number of nitrogens with zero attached hydrogens (tertiary/aromatic N) is 1. The van der Waals surface area contributed by atoms with Crippen LogP contribution in [0.15, 0.2) is 46.1 Å². The zero-order valence-corrected chi connectivity index (χ0v) is 34.4. The van der Waals surface area contributed by atoms with Crippen LogP contribution in [0.2, 0.25) is 0 Å². The molecule has 0 aromatic heterocycles. The summed E-state index contributed by atoms with van der Waals surface area (Å²) >= 11 is 2.01. The van der Waals surface area contributed by atoms with E-state index in [4.69, 9.17) is 11.1 Å². The van der Waals surface area contributed by atoms with Gasteiger partial charge in [-0.2, -0.15) is 0 Å². The number of likely N-dealkylation sites (tertiary alicyclic amines) is 1. The second kappa shape index (κ2) is 24.8. The maximum Gasteiger partial charge on any atom is 0.0378 e. The first kappa shape index (κ1) is 43.9. The van der Waals surface area contributed by atoms with Crippen molar-refractivity contribution in [1.82, 2.24) is 4.90 Å². The molecule has 0 spiro atoms. The molecule has 0 bridgehead atoms. The van der Waals surface area contributed by atoms with Gasteiger partial charge >= 0.3 is 0 Å². The number of thioether (sulfide) groups is 1. The highest BCUT2D eigenvalue weighted by atomic mass is 32.2. The summed E-state index contributed by atoms with van der Waals surface area (Å²) in [6, 6.07) is 0. The van der Waals surface area contributed by atoms with Gasteiger partial charge in [-0.3, -0.25) is 0 Å². The number of piperidine rings is 1. The van der Waals surface area contributed by atoms with Crippen molar-refractivity contribution in [3.8, 4) is 0 Å². The summed E-state index contributed by atoms with van der Waals surface area (Å²) in [4.78, 5) is 4.09. The first-order valence-electron chi connectivity index (χ1n) is 21.0. The maximum absolute atomic E-state index is 7.09. The van der Waals surface area contributed by atoms with Crippen molar-refractivity contribution in [3.05, 3.63) is 46.1 Å². The topological polar surface area (TPSA) is 53.1 Å². The van der Waals surface area contributed by atoms with Crippen LogP contribution in [0, 0.1) is 35.0 Å². The fraction of sp³-hybridized carbons (Fsp3) is 0.800. The number of allylic oxidation sites excluding steroid dienone is 5. The minimum Gasteiger partial charge on any atom is -0.374 e. The molecule has 3 saturated carbocycles. The van der Waals surface area contributed by atoms with Crippen molar-refractivity contribution >= 4 is 18.5 Å². The zero-order chi connectivity index (χ0) is 36.1. The predicted octanol–water partition coefficient (Wildman–Crippen LogP) is 13.7. The highest BCUT2D eigenvalue weighted by Gasteiger charge is 2.37. The molecule has 0 radical (unpaired) electrons. The third kappa shape index (κ3) is 17.2. The molecule has 0 aromatic rings. The minimum atomic E-state index is 0.0375. The number of nitrogens with one attached hydrogen (secondary N) is 1. The van der Waals surface area contributed by atoms with Crippen LogP contribution in [-0.4, -0.2) is 36.0 Å². The van der Waals surface area contributed by atoms with E-state index < -0.39 is 0 Å². The Morgan fingerprint density at radius 1 is 0.918 bits per heavy atom. The summed E-state index contributed by atoms with van der Waals surface area (Å²) in [5, 5.41) is 5.50. The standard InChI is InChI=1S/C20H35N.C19H31NS.C5H12.CH3N/c1-16(19-12-13-19)20(21,14-17-8-4-2-5-9-17)15-18-10-6-3-7-11-18;1-4-6-18(20-13-11-17(5-2)12-14-20)15-21-19-9-7-16(3)8-10-19;1-4-5(2)3;1-2/h17-18H,2-15,21H2,1H3;6-7,9-10,16-17H,4-5,8,11-15H2,1-3H3;5H,4H2,1-3H3;2H,1H2/b;18-6-;;. The van der Waals surface area contributed by atoms with Gasteiger partial charge in [0.2, 0.25) is 0 Å². The Bertz CT molecular complexity index is 976. The average Bonchev–Trinajstić information content (AvgIpc) is 3.99. The second-order valence-electron chi connectivity index (χ2n) is 16.5. The molecule has 49 heavy (non-hydrogen) atoms. The summed E-state index contributed by atoms with van der Waals surface area (Å²) in [5.41, 5.74) is 12.0. The molecule has 282 valence electrons. The van der Waals surface area contributed by atoms with Gasteiger partial charge in [-0.25, -0.2) is 0 Å². The molecular weight excluding hydrogens is 615 g/mol. The van der Waals surface area contributed by atoms with Gasteiger partial charge in [-0.15, -0.1) is 11.8 Å². The Kier molecular flexibility index (Phi) is 22.3. The molecular formula is C45H81N3S. The molecule has 4 fully saturated rings. The van der Waals surface area contributed by atoms with Gasteiger partial charge in [-0.1, -0.05) is 154 Å². The molecule has 3 nitrogen and oxygen atoms in total. The van der Waals surface area contributed by atoms with E-state index in [1.54, 1.807) is 16.8 Å². The Labute approximate surface area is 310 Å². The molecule has 5 aliphatic rings. The molecule has 1 aliphatic heterocycles. The van der Waals surface area contributed by atoms with Crippen LogP contribution in [0.25, 0.3) is 0 Å². The maximum atomic E-state index is 7.09. The van der Waals surface area contributed by atoms with E-state index in [1.807, 2.05) is 11.8 Å². The van der Waals surface area contributed by atoms with Gasteiger partial charge in [0.25, 0.3) is 0 Å². The van der Waals surface area contributed by atoms with Crippen molar-refractivity contribution < 1.29 is 0 Å². The SMILES string of the molecule is C=N.CC(=C1CC1)C(N)(CC1CCCCC1)CC1CCCCC1.CC/C=C(/CSC1=CCC(C)C=C1)N1CCC(CC)CC1.CCC(C)C. The molecule has 1 unspecified atom stereocenters. The normalized spacial score (nSPS) is 22.3. The summed E-state index contributed by atoms with van der Waals surface area (Å²) in [6.45, 7) is 20.9. The third-order valence-corrected chi connectivity index (χ3v) is 13.1. The number of nitrogens with two attached hydrogens (primary N) is 1. The van der Waals surface area contributed by atoms with E-state index in [0.717, 1.165) is 35.8 Å². The first-order valence-corrected chi connectivity index (χ1v) is 21.9. The Hall–Kier alpha value is -1.26. The Morgan fingerprint density at radius 3 is 1.86 bits per heavy atom. The summed E-state index contributed by atoms with van der Waals surface area (Å²) in [7, 11) is 0. The van der Waals surface area contributed by atoms with Gasteiger partial charge in [0, 0.05) is 35.0 Å². The summed E-state index contributed by atoms with van der Waals surface area (Å²) in [6.07, 6.45) is 36.9. The Balaban J connectivity index is 0.000000287. The van der Waals surface area contributed by atoms with E-state index in [1.165, 1.54) is 140 Å². The summed E-state index contributed by atoms with van der Waals surface area (Å²) < 4.78 is 0. The van der Waals surface area contributed by atoms with Crippen molar-refractivity contribution in [2.75, 3.05) is 18.8 Å². The van der Waals surface area contributed by atoms with Crippen molar-refractivity contribution in [1.29, 1.82) is 5.41 Å². The Morgan fingerprint density at radius 2 is 1.45 bits per heavy atom. The van der Waals surface area contributed by atoms with Gasteiger partial charge in [0.1, 0.15) is 0 Å². The summed E-state index contributed by atoms with van der Waals surface area (Å²) in [5.74, 6) is 5.50. The molecule has 5 rings (SSSR count). The smallest absolute Gasteiger partial charge is 0.0378 e. The van der Waals surface area contributed by atoms with E-state index in [2.05, 4.69) is 84.4 Å². The average molecular weight is 696 g/mol. The monoisotopic (exact) mass is 696 g/mol. The number of hydrogen-bond acceptors (Lipinski definition) is 4. The van der Waals surface area contributed by atoms with E-state index in [9.17, 15) is 0 Å². The van der Waals surface area contributed by atoms with Crippen LogP contribution in [0.1, 0.15) is 177 Å².